The first-order valence-electron chi connectivity index (χ1n) is 5.70. The summed E-state index contributed by atoms with van der Waals surface area (Å²) in [5, 5.41) is 2.77. The van der Waals surface area contributed by atoms with Gasteiger partial charge < -0.3 is 0 Å². The average Bonchev–Trinajstić information content (AvgIpc) is 2.76. The van der Waals surface area contributed by atoms with E-state index in [9.17, 15) is 0 Å². The molecular weight excluding hydrogens is 252 g/mol. The molecule has 0 bridgehead atoms. The van der Waals surface area contributed by atoms with E-state index in [1.54, 1.807) is 4.88 Å². The highest BCUT2D eigenvalue weighted by molar-refractivity contribution is 7.10. The minimum Gasteiger partial charge on any atom is -0.293 e. The summed E-state index contributed by atoms with van der Waals surface area (Å²) in [6.45, 7) is 3.03. The van der Waals surface area contributed by atoms with Crippen LogP contribution in [0.15, 0.2) is 29.6 Å². The van der Waals surface area contributed by atoms with Gasteiger partial charge in [-0.15, -0.1) is 11.3 Å². The van der Waals surface area contributed by atoms with Gasteiger partial charge in [-0.2, -0.15) is 0 Å². The lowest BCUT2D eigenvalue weighted by Gasteiger charge is -2.26. The van der Waals surface area contributed by atoms with Gasteiger partial charge in [-0.05, 0) is 35.6 Å². The summed E-state index contributed by atoms with van der Waals surface area (Å²) in [5.41, 5.74) is 2.53. The maximum Gasteiger partial charge on any atom is 0.129 e. The lowest BCUT2D eigenvalue weighted by atomic mass is 10.1. The molecule has 0 aromatic carbocycles. The smallest absolute Gasteiger partial charge is 0.129 e. The maximum absolute atomic E-state index is 5.90. The number of hydrogen-bond donors (Lipinski definition) is 0. The van der Waals surface area contributed by atoms with Crippen molar-refractivity contribution in [2.24, 2.45) is 0 Å². The van der Waals surface area contributed by atoms with Crippen molar-refractivity contribution in [1.29, 1.82) is 0 Å². The second-order valence-corrected chi connectivity index (χ2v) is 5.67. The highest BCUT2D eigenvalue weighted by Crippen LogP contribution is 2.24. The third kappa shape index (κ3) is 2.51. The molecule has 0 unspecified atom stereocenters. The maximum atomic E-state index is 5.90. The Balaban J connectivity index is 1.72. The molecule has 0 N–H and O–H groups in total. The fourth-order valence-corrected chi connectivity index (χ4v) is 3.28. The van der Waals surface area contributed by atoms with Gasteiger partial charge in [0.25, 0.3) is 0 Å². The Morgan fingerprint density at radius 2 is 2.29 bits per heavy atom. The molecule has 4 heteroatoms. The van der Waals surface area contributed by atoms with Crippen LogP contribution < -0.4 is 0 Å². The number of thiophene rings is 1. The van der Waals surface area contributed by atoms with Crippen molar-refractivity contribution in [3.63, 3.8) is 0 Å². The standard InChI is InChI=1S/C13H13ClN2S/c14-13-3-1-2-11(15-13)9-16-6-4-12-10(8-16)5-7-17-12/h1-3,5,7H,4,6,8-9H2. The Labute approximate surface area is 110 Å². The van der Waals surface area contributed by atoms with Crippen LogP contribution in [0.4, 0.5) is 0 Å². The van der Waals surface area contributed by atoms with E-state index in [-0.39, 0.29) is 0 Å². The number of aromatic nitrogens is 1. The third-order valence-electron chi connectivity index (χ3n) is 3.05. The molecule has 0 fully saturated rings. The van der Waals surface area contributed by atoms with Gasteiger partial charge in [-0.25, -0.2) is 4.98 Å². The summed E-state index contributed by atoms with van der Waals surface area (Å²) in [6.07, 6.45) is 1.16. The lowest BCUT2D eigenvalue weighted by molar-refractivity contribution is 0.244. The average molecular weight is 265 g/mol. The van der Waals surface area contributed by atoms with Crippen LogP contribution in [0, 0.1) is 0 Å². The van der Waals surface area contributed by atoms with E-state index in [0.717, 1.165) is 31.7 Å². The topological polar surface area (TPSA) is 16.1 Å². The van der Waals surface area contributed by atoms with E-state index in [0.29, 0.717) is 5.15 Å². The molecule has 17 heavy (non-hydrogen) atoms. The molecule has 0 amide bonds. The molecule has 3 heterocycles. The molecule has 0 radical (unpaired) electrons. The largest absolute Gasteiger partial charge is 0.293 e. The second-order valence-electron chi connectivity index (χ2n) is 4.28. The molecule has 0 aliphatic carbocycles. The predicted octanol–water partition coefficient (Wildman–Crippen LogP) is 3.35. The summed E-state index contributed by atoms with van der Waals surface area (Å²) < 4.78 is 0. The Morgan fingerprint density at radius 3 is 3.18 bits per heavy atom. The van der Waals surface area contributed by atoms with E-state index in [1.807, 2.05) is 29.5 Å². The van der Waals surface area contributed by atoms with Crippen LogP contribution in [0.2, 0.25) is 5.15 Å². The van der Waals surface area contributed by atoms with Gasteiger partial charge in [0, 0.05) is 24.5 Å². The van der Waals surface area contributed by atoms with Gasteiger partial charge in [-0.3, -0.25) is 4.90 Å². The van der Waals surface area contributed by atoms with Gasteiger partial charge in [0.1, 0.15) is 5.15 Å². The van der Waals surface area contributed by atoms with Crippen LogP contribution >= 0.6 is 22.9 Å². The summed E-state index contributed by atoms with van der Waals surface area (Å²) in [7, 11) is 0. The molecule has 3 rings (SSSR count). The summed E-state index contributed by atoms with van der Waals surface area (Å²) in [5.74, 6) is 0. The molecule has 1 aliphatic rings. The fraction of sp³-hybridized carbons (Fsp3) is 0.308. The van der Waals surface area contributed by atoms with E-state index < -0.39 is 0 Å². The highest BCUT2D eigenvalue weighted by atomic mass is 35.5. The van der Waals surface area contributed by atoms with E-state index in [2.05, 4.69) is 21.3 Å². The minimum absolute atomic E-state index is 0.579. The quantitative estimate of drug-likeness (QED) is 0.774. The molecule has 88 valence electrons. The molecular formula is C13H13ClN2S. The summed E-state index contributed by atoms with van der Waals surface area (Å²) in [4.78, 5) is 8.30. The second kappa shape index (κ2) is 4.77. The van der Waals surface area contributed by atoms with Crippen LogP contribution in [0.25, 0.3) is 0 Å². The Bertz CT molecular complexity index is 524. The lowest BCUT2D eigenvalue weighted by Crippen LogP contribution is -2.29. The molecule has 0 atom stereocenters. The summed E-state index contributed by atoms with van der Waals surface area (Å²) in [6, 6.07) is 8.05. The van der Waals surface area contributed by atoms with Crippen molar-refractivity contribution in [2.45, 2.75) is 19.5 Å². The molecule has 2 aromatic heterocycles. The first-order valence-corrected chi connectivity index (χ1v) is 6.96. The van der Waals surface area contributed by atoms with Crippen molar-refractivity contribution >= 4 is 22.9 Å². The number of rotatable bonds is 2. The molecule has 0 saturated carbocycles. The Kier molecular flexibility index (Phi) is 3.14. The highest BCUT2D eigenvalue weighted by Gasteiger charge is 2.17. The number of pyridine rings is 1. The van der Waals surface area contributed by atoms with E-state index in [4.69, 9.17) is 11.6 Å². The van der Waals surface area contributed by atoms with Gasteiger partial charge >= 0.3 is 0 Å². The van der Waals surface area contributed by atoms with Crippen LogP contribution in [-0.4, -0.2) is 16.4 Å². The van der Waals surface area contributed by atoms with Crippen molar-refractivity contribution in [3.8, 4) is 0 Å². The molecule has 2 nitrogen and oxygen atoms in total. The van der Waals surface area contributed by atoms with Gasteiger partial charge in [0.15, 0.2) is 0 Å². The van der Waals surface area contributed by atoms with Crippen molar-refractivity contribution in [2.75, 3.05) is 6.54 Å². The van der Waals surface area contributed by atoms with Gasteiger partial charge in [0.05, 0.1) is 5.69 Å². The first-order chi connectivity index (χ1) is 8.31. The fourth-order valence-electron chi connectivity index (χ4n) is 2.21. The number of fused-ring (bicyclic) bond motifs is 1. The van der Waals surface area contributed by atoms with Crippen molar-refractivity contribution < 1.29 is 0 Å². The zero-order valence-corrected chi connectivity index (χ0v) is 11.0. The number of halogens is 1. The predicted molar refractivity (Wildman–Crippen MR) is 71.4 cm³/mol. The van der Waals surface area contributed by atoms with Crippen LogP contribution in [0.5, 0.6) is 0 Å². The van der Waals surface area contributed by atoms with Crippen molar-refractivity contribution in [1.82, 2.24) is 9.88 Å². The molecule has 0 saturated heterocycles. The number of hydrogen-bond acceptors (Lipinski definition) is 3. The summed E-state index contributed by atoms with van der Waals surface area (Å²) >= 11 is 7.77. The number of nitrogens with zero attached hydrogens (tertiary/aromatic N) is 2. The van der Waals surface area contributed by atoms with Crippen LogP contribution in [-0.2, 0) is 19.5 Å². The Hall–Kier alpha value is -0.900. The molecule has 0 spiro atoms. The van der Waals surface area contributed by atoms with E-state index >= 15 is 0 Å². The van der Waals surface area contributed by atoms with Crippen molar-refractivity contribution in [3.05, 3.63) is 50.9 Å². The monoisotopic (exact) mass is 264 g/mol. The van der Waals surface area contributed by atoms with Crippen LogP contribution in [0.3, 0.4) is 0 Å². The van der Waals surface area contributed by atoms with Gasteiger partial charge in [-0.1, -0.05) is 17.7 Å². The van der Waals surface area contributed by atoms with Gasteiger partial charge in [0.2, 0.25) is 0 Å². The molecule has 1 aliphatic heterocycles. The van der Waals surface area contributed by atoms with Crippen LogP contribution in [0.1, 0.15) is 16.1 Å². The third-order valence-corrected chi connectivity index (χ3v) is 4.28. The molecule has 2 aromatic rings. The Morgan fingerprint density at radius 1 is 1.35 bits per heavy atom. The van der Waals surface area contributed by atoms with E-state index in [1.165, 1.54) is 5.56 Å². The normalized spacial score (nSPS) is 15.8. The zero-order valence-electron chi connectivity index (χ0n) is 9.40. The zero-order chi connectivity index (χ0) is 11.7. The first kappa shape index (κ1) is 11.2. The minimum atomic E-state index is 0.579. The SMILES string of the molecule is Clc1cccc(CN2CCc3sccc3C2)n1.